The second kappa shape index (κ2) is 6.24. The van der Waals surface area contributed by atoms with Crippen molar-refractivity contribution in [2.75, 3.05) is 0 Å². The maximum absolute atomic E-state index is 12.0. The fraction of sp³-hybridized carbons (Fsp3) is 0.133. The van der Waals surface area contributed by atoms with Gasteiger partial charge in [-0.05, 0) is 53.9 Å². The number of amides is 1. The van der Waals surface area contributed by atoms with Crippen LogP contribution < -0.4 is 4.72 Å². The molecule has 0 aliphatic rings. The molecular weight excluding hydrogens is 306 g/mol. The maximum Gasteiger partial charge on any atom is 0.265 e. The van der Waals surface area contributed by atoms with Gasteiger partial charge in [-0.15, -0.1) is 0 Å². The van der Waals surface area contributed by atoms with Crippen LogP contribution in [-0.2, 0) is 10.0 Å². The van der Waals surface area contributed by atoms with Crippen LogP contribution >= 0.6 is 11.3 Å². The van der Waals surface area contributed by atoms with Crippen LogP contribution in [0.15, 0.2) is 40.4 Å². The largest absolute Gasteiger partial charge is 0.268 e. The first-order chi connectivity index (χ1) is 9.87. The lowest BCUT2D eigenvalue weighted by atomic mass is 10.1. The minimum atomic E-state index is -3.81. The average molecular weight is 321 g/mol. The van der Waals surface area contributed by atoms with Crippen LogP contribution in [0.25, 0.3) is 6.08 Å². The van der Waals surface area contributed by atoms with Gasteiger partial charge in [0.25, 0.3) is 15.9 Å². The predicted octanol–water partition coefficient (Wildman–Crippen LogP) is 3.10. The smallest absolute Gasteiger partial charge is 0.265 e. The summed E-state index contributed by atoms with van der Waals surface area (Å²) in [6, 6.07) is 7.03. The first-order valence-corrected chi connectivity index (χ1v) is 8.71. The Kier molecular flexibility index (Phi) is 4.59. The topological polar surface area (TPSA) is 63.2 Å². The number of aryl methyl sites for hydroxylation is 2. The minimum Gasteiger partial charge on any atom is -0.268 e. The van der Waals surface area contributed by atoms with Crippen molar-refractivity contribution in [2.24, 2.45) is 0 Å². The number of hydrogen-bond donors (Lipinski definition) is 1. The standard InChI is InChI=1S/C15H15NO3S2/c1-11-3-4-14(12(2)9-11)15(17)16-21(18,19)8-6-13-5-7-20-10-13/h3-10H,1-2H3,(H,16,17)/b8-6+. The van der Waals surface area contributed by atoms with Crippen LogP contribution in [0.4, 0.5) is 0 Å². The van der Waals surface area contributed by atoms with E-state index in [4.69, 9.17) is 0 Å². The summed E-state index contributed by atoms with van der Waals surface area (Å²) in [4.78, 5) is 12.0. The van der Waals surface area contributed by atoms with Crippen molar-refractivity contribution in [3.05, 3.63) is 62.7 Å². The van der Waals surface area contributed by atoms with E-state index in [-0.39, 0.29) is 0 Å². The molecule has 0 aliphatic heterocycles. The van der Waals surface area contributed by atoms with Gasteiger partial charge in [0.2, 0.25) is 0 Å². The first-order valence-electron chi connectivity index (χ1n) is 6.22. The number of rotatable bonds is 4. The van der Waals surface area contributed by atoms with Crippen molar-refractivity contribution in [3.63, 3.8) is 0 Å². The Morgan fingerprint density at radius 3 is 2.62 bits per heavy atom. The molecule has 0 radical (unpaired) electrons. The highest BCUT2D eigenvalue weighted by Gasteiger charge is 2.15. The Morgan fingerprint density at radius 1 is 1.24 bits per heavy atom. The monoisotopic (exact) mass is 321 g/mol. The summed E-state index contributed by atoms with van der Waals surface area (Å²) in [7, 11) is -3.81. The second-order valence-corrected chi connectivity index (χ2v) is 7.00. The van der Waals surface area contributed by atoms with E-state index in [0.717, 1.165) is 22.1 Å². The van der Waals surface area contributed by atoms with E-state index in [9.17, 15) is 13.2 Å². The molecule has 1 N–H and O–H groups in total. The predicted molar refractivity (Wildman–Crippen MR) is 85.7 cm³/mol. The Balaban J connectivity index is 2.14. The molecular formula is C15H15NO3S2. The van der Waals surface area contributed by atoms with Crippen LogP contribution in [0, 0.1) is 13.8 Å². The second-order valence-electron chi connectivity index (χ2n) is 4.65. The van der Waals surface area contributed by atoms with Crippen molar-refractivity contribution in [2.45, 2.75) is 13.8 Å². The number of thiophene rings is 1. The van der Waals surface area contributed by atoms with Gasteiger partial charge in [-0.2, -0.15) is 11.3 Å². The van der Waals surface area contributed by atoms with Crippen LogP contribution in [0.2, 0.25) is 0 Å². The molecule has 0 spiro atoms. The highest BCUT2D eigenvalue weighted by Crippen LogP contribution is 2.12. The Labute approximate surface area is 128 Å². The molecule has 0 saturated heterocycles. The zero-order valence-corrected chi connectivity index (χ0v) is 13.3. The Morgan fingerprint density at radius 2 is 2.00 bits per heavy atom. The lowest BCUT2D eigenvalue weighted by Gasteiger charge is -2.07. The molecule has 0 aliphatic carbocycles. The van der Waals surface area contributed by atoms with Crippen LogP contribution in [-0.4, -0.2) is 14.3 Å². The van der Waals surface area contributed by atoms with E-state index >= 15 is 0 Å². The lowest BCUT2D eigenvalue weighted by Crippen LogP contribution is -2.29. The van der Waals surface area contributed by atoms with E-state index in [1.807, 2.05) is 28.5 Å². The summed E-state index contributed by atoms with van der Waals surface area (Å²) >= 11 is 1.47. The molecule has 1 heterocycles. The molecule has 1 aromatic heterocycles. The average Bonchev–Trinajstić information content (AvgIpc) is 2.88. The van der Waals surface area contributed by atoms with E-state index in [2.05, 4.69) is 0 Å². The van der Waals surface area contributed by atoms with Crippen LogP contribution in [0.5, 0.6) is 0 Å². The molecule has 21 heavy (non-hydrogen) atoms. The fourth-order valence-electron chi connectivity index (χ4n) is 1.82. The molecule has 2 aromatic rings. The number of benzene rings is 1. The van der Waals surface area contributed by atoms with Gasteiger partial charge in [0.15, 0.2) is 0 Å². The third-order valence-electron chi connectivity index (χ3n) is 2.84. The summed E-state index contributed by atoms with van der Waals surface area (Å²) in [5.74, 6) is -0.623. The van der Waals surface area contributed by atoms with E-state index in [1.54, 1.807) is 25.1 Å². The van der Waals surface area contributed by atoms with Crippen molar-refractivity contribution in [1.82, 2.24) is 4.72 Å². The van der Waals surface area contributed by atoms with E-state index < -0.39 is 15.9 Å². The number of carbonyl (C=O) groups excluding carboxylic acids is 1. The molecule has 0 saturated carbocycles. The third-order valence-corrected chi connectivity index (χ3v) is 4.51. The highest BCUT2D eigenvalue weighted by atomic mass is 32.2. The zero-order valence-electron chi connectivity index (χ0n) is 11.7. The molecule has 0 atom stereocenters. The van der Waals surface area contributed by atoms with Gasteiger partial charge in [-0.1, -0.05) is 17.7 Å². The normalized spacial score (nSPS) is 11.7. The summed E-state index contributed by atoms with van der Waals surface area (Å²) in [5, 5.41) is 4.66. The minimum absolute atomic E-state index is 0.355. The van der Waals surface area contributed by atoms with Gasteiger partial charge in [-0.3, -0.25) is 4.79 Å². The van der Waals surface area contributed by atoms with E-state index in [1.165, 1.54) is 17.4 Å². The van der Waals surface area contributed by atoms with Gasteiger partial charge < -0.3 is 0 Å². The van der Waals surface area contributed by atoms with Crippen LogP contribution in [0.1, 0.15) is 27.0 Å². The molecule has 1 aromatic carbocycles. The number of nitrogens with one attached hydrogen (secondary N) is 1. The SMILES string of the molecule is Cc1ccc(C(=O)NS(=O)(=O)/C=C/c2ccsc2)c(C)c1. The molecule has 1 amide bonds. The summed E-state index contributed by atoms with van der Waals surface area (Å²) in [6.07, 6.45) is 1.45. The Bertz CT molecular complexity index is 775. The Hall–Kier alpha value is -1.92. The van der Waals surface area contributed by atoms with Gasteiger partial charge in [-0.25, -0.2) is 13.1 Å². The van der Waals surface area contributed by atoms with Crippen molar-refractivity contribution in [1.29, 1.82) is 0 Å². The zero-order chi connectivity index (χ0) is 15.5. The van der Waals surface area contributed by atoms with E-state index in [0.29, 0.717) is 5.56 Å². The quantitative estimate of drug-likeness (QED) is 0.941. The third kappa shape index (κ3) is 4.27. The van der Waals surface area contributed by atoms with Crippen LogP contribution in [0.3, 0.4) is 0 Å². The molecule has 0 unspecified atom stereocenters. The highest BCUT2D eigenvalue weighted by molar-refractivity contribution is 7.93. The maximum atomic E-state index is 12.0. The van der Waals surface area contributed by atoms with Crippen molar-refractivity contribution >= 4 is 33.3 Å². The fourth-order valence-corrected chi connectivity index (χ4v) is 3.23. The molecule has 0 bridgehead atoms. The number of hydrogen-bond acceptors (Lipinski definition) is 4. The lowest BCUT2D eigenvalue weighted by molar-refractivity contribution is 0.0981. The molecule has 4 nitrogen and oxygen atoms in total. The van der Waals surface area contributed by atoms with Gasteiger partial charge in [0.1, 0.15) is 0 Å². The summed E-state index contributed by atoms with van der Waals surface area (Å²) in [5.41, 5.74) is 2.89. The van der Waals surface area contributed by atoms with Gasteiger partial charge in [0.05, 0.1) is 5.41 Å². The summed E-state index contributed by atoms with van der Waals surface area (Å²) < 4.78 is 25.8. The number of sulfonamides is 1. The van der Waals surface area contributed by atoms with Crippen molar-refractivity contribution in [3.8, 4) is 0 Å². The van der Waals surface area contributed by atoms with Crippen molar-refractivity contribution < 1.29 is 13.2 Å². The number of carbonyl (C=O) groups is 1. The van der Waals surface area contributed by atoms with Gasteiger partial charge >= 0.3 is 0 Å². The molecule has 110 valence electrons. The molecule has 2 rings (SSSR count). The molecule has 6 heteroatoms. The van der Waals surface area contributed by atoms with Gasteiger partial charge in [0, 0.05) is 5.56 Å². The first kappa shape index (κ1) is 15.5. The molecule has 0 fully saturated rings. The summed E-state index contributed by atoms with van der Waals surface area (Å²) in [6.45, 7) is 3.69.